The van der Waals surface area contributed by atoms with Crippen LogP contribution in [-0.2, 0) is 9.53 Å². The summed E-state index contributed by atoms with van der Waals surface area (Å²) >= 11 is 0. The van der Waals surface area contributed by atoms with E-state index in [1.807, 2.05) is 51.1 Å². The predicted molar refractivity (Wildman–Crippen MR) is 89.3 cm³/mol. The second kappa shape index (κ2) is 7.35. The van der Waals surface area contributed by atoms with Crippen molar-refractivity contribution in [3.63, 3.8) is 0 Å². The van der Waals surface area contributed by atoms with Crippen LogP contribution in [-0.4, -0.2) is 48.2 Å². The third-order valence-corrected chi connectivity index (χ3v) is 3.48. The highest BCUT2D eigenvalue weighted by Gasteiger charge is 2.28. The minimum Gasteiger partial charge on any atom is -0.444 e. The van der Waals surface area contributed by atoms with Crippen LogP contribution in [0.5, 0.6) is 0 Å². The SMILES string of the molecule is CC(C)(C)OC(=O)N[C@H]1CCN(C(=O)CNc2ccccc2)C1. The smallest absolute Gasteiger partial charge is 0.407 e. The van der Waals surface area contributed by atoms with Crippen molar-refractivity contribution in [3.05, 3.63) is 30.3 Å². The molecule has 0 unspecified atom stereocenters. The molecule has 0 aromatic heterocycles. The van der Waals surface area contributed by atoms with Crippen LogP contribution in [0.2, 0.25) is 0 Å². The van der Waals surface area contributed by atoms with Crippen LogP contribution >= 0.6 is 0 Å². The molecule has 6 nitrogen and oxygen atoms in total. The zero-order valence-electron chi connectivity index (χ0n) is 14.0. The van der Waals surface area contributed by atoms with Crippen molar-refractivity contribution in [2.24, 2.45) is 0 Å². The van der Waals surface area contributed by atoms with Gasteiger partial charge in [0.15, 0.2) is 0 Å². The summed E-state index contributed by atoms with van der Waals surface area (Å²) in [6.07, 6.45) is 0.315. The Balaban J connectivity index is 1.74. The first-order chi connectivity index (χ1) is 10.8. The average Bonchev–Trinajstić information content (AvgIpc) is 2.92. The van der Waals surface area contributed by atoms with Gasteiger partial charge in [-0.25, -0.2) is 4.79 Å². The molecule has 0 radical (unpaired) electrons. The molecule has 0 aliphatic carbocycles. The van der Waals surface area contributed by atoms with Gasteiger partial charge < -0.3 is 20.3 Å². The molecule has 1 aliphatic heterocycles. The number of nitrogens with zero attached hydrogens (tertiary/aromatic N) is 1. The standard InChI is InChI=1S/C17H25N3O3/c1-17(2,3)23-16(22)19-14-9-10-20(12-14)15(21)11-18-13-7-5-4-6-8-13/h4-8,14,18H,9-12H2,1-3H3,(H,19,22)/t14-/m0/s1. The van der Waals surface area contributed by atoms with E-state index in [1.54, 1.807) is 4.90 Å². The lowest BCUT2D eigenvalue weighted by atomic mass is 10.2. The predicted octanol–water partition coefficient (Wildman–Crippen LogP) is 2.22. The first kappa shape index (κ1) is 17.1. The maximum Gasteiger partial charge on any atom is 0.407 e. The van der Waals surface area contributed by atoms with Crippen molar-refractivity contribution < 1.29 is 14.3 Å². The van der Waals surface area contributed by atoms with E-state index < -0.39 is 11.7 Å². The summed E-state index contributed by atoms with van der Waals surface area (Å²) in [7, 11) is 0. The van der Waals surface area contributed by atoms with Gasteiger partial charge in [0.2, 0.25) is 5.91 Å². The topological polar surface area (TPSA) is 70.7 Å². The third kappa shape index (κ3) is 5.81. The number of likely N-dealkylation sites (tertiary alicyclic amines) is 1. The number of alkyl carbamates (subject to hydrolysis) is 1. The van der Waals surface area contributed by atoms with Gasteiger partial charge in [-0.3, -0.25) is 4.79 Å². The lowest BCUT2D eigenvalue weighted by molar-refractivity contribution is -0.128. The molecule has 1 fully saturated rings. The Morgan fingerprint density at radius 2 is 1.96 bits per heavy atom. The molecule has 0 spiro atoms. The Hall–Kier alpha value is -2.24. The average molecular weight is 319 g/mol. The summed E-state index contributed by atoms with van der Waals surface area (Å²) in [6, 6.07) is 9.56. The van der Waals surface area contributed by atoms with Crippen molar-refractivity contribution in [3.8, 4) is 0 Å². The van der Waals surface area contributed by atoms with Gasteiger partial charge in [0.25, 0.3) is 0 Å². The van der Waals surface area contributed by atoms with Gasteiger partial charge >= 0.3 is 6.09 Å². The van der Waals surface area contributed by atoms with Gasteiger partial charge in [0.1, 0.15) is 5.60 Å². The van der Waals surface area contributed by atoms with Crippen LogP contribution in [0.15, 0.2) is 30.3 Å². The molecule has 1 aromatic rings. The summed E-state index contributed by atoms with van der Waals surface area (Å²) < 4.78 is 5.23. The lowest BCUT2D eigenvalue weighted by Gasteiger charge is -2.22. The summed E-state index contributed by atoms with van der Waals surface area (Å²) in [5.41, 5.74) is 0.404. The molecule has 1 aromatic carbocycles. The molecule has 1 heterocycles. The number of para-hydroxylation sites is 1. The Labute approximate surface area is 137 Å². The summed E-state index contributed by atoms with van der Waals surface area (Å²) in [4.78, 5) is 25.7. The van der Waals surface area contributed by atoms with Gasteiger partial charge in [-0.1, -0.05) is 18.2 Å². The lowest BCUT2D eigenvalue weighted by Crippen LogP contribution is -2.42. The Kier molecular flexibility index (Phi) is 5.47. The van der Waals surface area contributed by atoms with E-state index in [0.717, 1.165) is 12.1 Å². The van der Waals surface area contributed by atoms with Gasteiger partial charge in [-0.2, -0.15) is 0 Å². The van der Waals surface area contributed by atoms with E-state index in [0.29, 0.717) is 13.1 Å². The monoisotopic (exact) mass is 319 g/mol. The Morgan fingerprint density at radius 3 is 2.61 bits per heavy atom. The van der Waals surface area contributed by atoms with E-state index in [1.165, 1.54) is 0 Å². The van der Waals surface area contributed by atoms with Crippen LogP contribution in [0.3, 0.4) is 0 Å². The zero-order chi connectivity index (χ0) is 16.9. The fourth-order valence-corrected chi connectivity index (χ4v) is 2.42. The molecular weight excluding hydrogens is 294 g/mol. The van der Waals surface area contributed by atoms with Gasteiger partial charge in [0, 0.05) is 18.8 Å². The fraction of sp³-hybridized carbons (Fsp3) is 0.529. The molecule has 2 N–H and O–H groups in total. The van der Waals surface area contributed by atoms with Crippen molar-refractivity contribution >= 4 is 17.7 Å². The molecule has 126 valence electrons. The van der Waals surface area contributed by atoms with Gasteiger partial charge in [-0.15, -0.1) is 0 Å². The number of hydrogen-bond acceptors (Lipinski definition) is 4. The third-order valence-electron chi connectivity index (χ3n) is 3.48. The molecule has 1 atom stereocenters. The normalized spacial score (nSPS) is 17.7. The maximum atomic E-state index is 12.2. The number of rotatable bonds is 4. The number of hydrogen-bond donors (Lipinski definition) is 2. The first-order valence-electron chi connectivity index (χ1n) is 7.90. The van der Waals surface area contributed by atoms with Crippen molar-refractivity contribution in [2.45, 2.75) is 38.8 Å². The van der Waals surface area contributed by atoms with Crippen molar-refractivity contribution in [1.82, 2.24) is 10.2 Å². The van der Waals surface area contributed by atoms with E-state index in [9.17, 15) is 9.59 Å². The molecule has 0 bridgehead atoms. The Morgan fingerprint density at radius 1 is 1.26 bits per heavy atom. The zero-order valence-corrected chi connectivity index (χ0v) is 14.0. The number of anilines is 1. The minimum atomic E-state index is -0.516. The summed E-state index contributed by atoms with van der Waals surface area (Å²) in [5.74, 6) is 0.0299. The molecule has 2 rings (SSSR count). The fourth-order valence-electron chi connectivity index (χ4n) is 2.42. The number of carbonyl (C=O) groups is 2. The molecule has 2 amide bonds. The second-order valence-electron chi connectivity index (χ2n) is 6.69. The molecule has 6 heteroatoms. The Bertz CT molecular complexity index is 540. The molecule has 1 saturated heterocycles. The van der Waals surface area contributed by atoms with Gasteiger partial charge in [0.05, 0.1) is 12.6 Å². The van der Waals surface area contributed by atoms with Crippen molar-refractivity contribution in [1.29, 1.82) is 0 Å². The summed E-state index contributed by atoms with van der Waals surface area (Å²) in [5, 5.41) is 5.92. The quantitative estimate of drug-likeness (QED) is 0.893. The number of benzene rings is 1. The second-order valence-corrected chi connectivity index (χ2v) is 6.69. The van der Waals surface area contributed by atoms with Crippen LogP contribution < -0.4 is 10.6 Å². The van der Waals surface area contributed by atoms with E-state index in [-0.39, 0.29) is 18.5 Å². The maximum absolute atomic E-state index is 12.2. The molecule has 0 saturated carbocycles. The largest absolute Gasteiger partial charge is 0.444 e. The van der Waals surface area contributed by atoms with Crippen LogP contribution in [0, 0.1) is 0 Å². The molecular formula is C17H25N3O3. The first-order valence-corrected chi connectivity index (χ1v) is 7.90. The molecule has 1 aliphatic rings. The van der Waals surface area contributed by atoms with E-state index in [2.05, 4.69) is 10.6 Å². The highest BCUT2D eigenvalue weighted by atomic mass is 16.6. The number of amides is 2. The summed E-state index contributed by atoms with van der Waals surface area (Å²) in [6.45, 7) is 6.90. The van der Waals surface area contributed by atoms with E-state index >= 15 is 0 Å². The van der Waals surface area contributed by atoms with Crippen LogP contribution in [0.1, 0.15) is 27.2 Å². The minimum absolute atomic E-state index is 0.0299. The highest BCUT2D eigenvalue weighted by Crippen LogP contribution is 2.12. The number of nitrogens with one attached hydrogen (secondary N) is 2. The number of carbonyl (C=O) groups excluding carboxylic acids is 2. The van der Waals surface area contributed by atoms with Crippen LogP contribution in [0.4, 0.5) is 10.5 Å². The highest BCUT2D eigenvalue weighted by molar-refractivity contribution is 5.81. The van der Waals surface area contributed by atoms with Crippen molar-refractivity contribution in [2.75, 3.05) is 25.0 Å². The number of ether oxygens (including phenoxy) is 1. The van der Waals surface area contributed by atoms with Gasteiger partial charge in [-0.05, 0) is 39.3 Å². The van der Waals surface area contributed by atoms with Crippen LogP contribution in [0.25, 0.3) is 0 Å². The van der Waals surface area contributed by atoms with E-state index in [4.69, 9.17) is 4.74 Å². The molecule has 23 heavy (non-hydrogen) atoms.